The van der Waals surface area contributed by atoms with Crippen LogP contribution in [0.3, 0.4) is 0 Å². The molecular weight excluding hydrogens is 312 g/mol. The van der Waals surface area contributed by atoms with E-state index in [1.54, 1.807) is 11.3 Å². The van der Waals surface area contributed by atoms with Crippen LogP contribution in [-0.4, -0.2) is 18.4 Å². The van der Waals surface area contributed by atoms with Crippen molar-refractivity contribution < 1.29 is 14.3 Å². The fourth-order valence-electron chi connectivity index (χ4n) is 2.46. The summed E-state index contributed by atoms with van der Waals surface area (Å²) < 4.78 is 5.33. The van der Waals surface area contributed by atoms with E-state index in [1.165, 1.54) is 4.88 Å². The van der Waals surface area contributed by atoms with Gasteiger partial charge in [-0.25, -0.2) is 0 Å². The zero-order chi connectivity index (χ0) is 16.2. The molecule has 2 N–H and O–H groups in total. The molecule has 23 heavy (non-hydrogen) atoms. The van der Waals surface area contributed by atoms with E-state index < -0.39 is 0 Å². The number of nitrogens with one attached hydrogen (secondary N) is 2. The summed E-state index contributed by atoms with van der Waals surface area (Å²) in [7, 11) is 0. The Kier molecular flexibility index (Phi) is 4.62. The molecule has 0 radical (unpaired) electrons. The van der Waals surface area contributed by atoms with E-state index in [-0.39, 0.29) is 24.5 Å². The van der Waals surface area contributed by atoms with Gasteiger partial charge in [-0.15, -0.1) is 11.3 Å². The molecule has 0 fully saturated rings. The van der Waals surface area contributed by atoms with E-state index in [9.17, 15) is 9.59 Å². The van der Waals surface area contributed by atoms with E-state index in [4.69, 9.17) is 4.74 Å². The molecule has 0 saturated carbocycles. The number of aryl methyl sites for hydroxylation is 1. The van der Waals surface area contributed by atoms with Gasteiger partial charge >= 0.3 is 0 Å². The average Bonchev–Trinajstić information content (AvgIpc) is 3.05. The first-order valence-corrected chi connectivity index (χ1v) is 8.38. The zero-order valence-corrected chi connectivity index (χ0v) is 13.6. The maximum atomic E-state index is 12.1. The minimum absolute atomic E-state index is 0.0175. The van der Waals surface area contributed by atoms with Gasteiger partial charge in [0.25, 0.3) is 5.91 Å². The van der Waals surface area contributed by atoms with Crippen molar-refractivity contribution in [2.24, 2.45) is 0 Å². The molecule has 1 aromatic heterocycles. The molecule has 5 nitrogen and oxygen atoms in total. The van der Waals surface area contributed by atoms with E-state index in [0.717, 1.165) is 12.0 Å². The number of carbonyl (C=O) groups is 2. The zero-order valence-electron chi connectivity index (χ0n) is 12.8. The molecule has 3 rings (SSSR count). The Morgan fingerprint density at radius 1 is 1.43 bits per heavy atom. The van der Waals surface area contributed by atoms with Crippen LogP contribution in [0.1, 0.15) is 29.8 Å². The predicted octanol–water partition coefficient (Wildman–Crippen LogP) is 2.89. The van der Waals surface area contributed by atoms with Gasteiger partial charge in [-0.05, 0) is 42.5 Å². The molecule has 0 unspecified atom stereocenters. The monoisotopic (exact) mass is 330 g/mol. The molecule has 2 amide bonds. The van der Waals surface area contributed by atoms with Crippen LogP contribution in [-0.2, 0) is 16.0 Å². The van der Waals surface area contributed by atoms with Gasteiger partial charge in [-0.3, -0.25) is 9.59 Å². The minimum Gasteiger partial charge on any atom is -0.482 e. The molecule has 0 saturated heterocycles. The quantitative estimate of drug-likeness (QED) is 0.886. The summed E-state index contributed by atoms with van der Waals surface area (Å²) in [6, 6.07) is 9.46. The van der Waals surface area contributed by atoms with Crippen LogP contribution in [0, 0.1) is 0 Å². The van der Waals surface area contributed by atoms with Gasteiger partial charge in [0.1, 0.15) is 5.75 Å². The summed E-state index contributed by atoms with van der Waals surface area (Å²) in [6.07, 6.45) is 1.22. The third-order valence-electron chi connectivity index (χ3n) is 3.69. The number of hydrogen-bond donors (Lipinski definition) is 2. The van der Waals surface area contributed by atoms with Crippen LogP contribution in [0.4, 0.5) is 5.69 Å². The Bertz CT molecular complexity index is 713. The average molecular weight is 330 g/mol. The van der Waals surface area contributed by atoms with Crippen LogP contribution < -0.4 is 15.4 Å². The second-order valence-electron chi connectivity index (χ2n) is 5.46. The predicted molar refractivity (Wildman–Crippen MR) is 89.8 cm³/mol. The molecular formula is C17H18N2O3S. The summed E-state index contributed by atoms with van der Waals surface area (Å²) in [5.41, 5.74) is 1.58. The Hall–Kier alpha value is -2.34. The molecule has 0 spiro atoms. The Labute approximate surface area is 138 Å². The van der Waals surface area contributed by atoms with Gasteiger partial charge in [0.2, 0.25) is 5.91 Å². The van der Waals surface area contributed by atoms with Gasteiger partial charge in [0.05, 0.1) is 11.7 Å². The number of rotatable bonds is 5. The number of amides is 2. The highest BCUT2D eigenvalue weighted by Crippen LogP contribution is 2.30. The summed E-state index contributed by atoms with van der Waals surface area (Å²) in [5, 5.41) is 7.78. The maximum absolute atomic E-state index is 12.1. The lowest BCUT2D eigenvalue weighted by Crippen LogP contribution is -2.28. The van der Waals surface area contributed by atoms with E-state index in [1.807, 2.05) is 42.6 Å². The first-order valence-electron chi connectivity index (χ1n) is 7.50. The lowest BCUT2D eigenvalue weighted by atomic mass is 10.1. The summed E-state index contributed by atoms with van der Waals surface area (Å²) in [4.78, 5) is 24.6. The molecule has 1 aromatic carbocycles. The Morgan fingerprint density at radius 3 is 3.09 bits per heavy atom. The molecule has 1 atom stereocenters. The third kappa shape index (κ3) is 3.90. The molecule has 0 bridgehead atoms. The molecule has 2 heterocycles. The van der Waals surface area contributed by atoms with E-state index in [2.05, 4.69) is 10.6 Å². The molecule has 2 aromatic rings. The number of thiophene rings is 1. The highest BCUT2D eigenvalue weighted by molar-refractivity contribution is 7.09. The third-order valence-corrected chi connectivity index (χ3v) is 4.63. The van der Waals surface area contributed by atoms with Crippen LogP contribution in [0.5, 0.6) is 5.75 Å². The molecule has 1 aliphatic rings. The minimum atomic E-state index is -0.165. The number of fused-ring (bicyclic) bond motifs is 1. The second-order valence-corrected chi connectivity index (χ2v) is 6.49. The van der Waals surface area contributed by atoms with Gasteiger partial charge in [0, 0.05) is 11.3 Å². The van der Waals surface area contributed by atoms with E-state index in [0.29, 0.717) is 17.9 Å². The smallest absolute Gasteiger partial charge is 0.262 e. The topological polar surface area (TPSA) is 67.4 Å². The summed E-state index contributed by atoms with van der Waals surface area (Å²) in [5.74, 6) is 0.510. The van der Waals surface area contributed by atoms with Crippen molar-refractivity contribution in [1.82, 2.24) is 5.32 Å². The molecule has 6 heteroatoms. The maximum Gasteiger partial charge on any atom is 0.262 e. The van der Waals surface area contributed by atoms with Crippen molar-refractivity contribution in [3.8, 4) is 5.75 Å². The number of carbonyl (C=O) groups excluding carboxylic acids is 2. The lowest BCUT2D eigenvalue weighted by molar-refractivity contribution is -0.121. The number of hydrogen-bond acceptors (Lipinski definition) is 4. The van der Waals surface area contributed by atoms with Crippen molar-refractivity contribution in [3.63, 3.8) is 0 Å². The highest BCUT2D eigenvalue weighted by atomic mass is 32.1. The highest BCUT2D eigenvalue weighted by Gasteiger charge is 2.18. The number of ether oxygens (including phenoxy) is 1. The SMILES string of the molecule is C[C@@H](NC(=O)CCc1cccs1)c1ccc2c(c1)NC(=O)CO2. The first-order chi connectivity index (χ1) is 11.1. The fourth-order valence-corrected chi connectivity index (χ4v) is 3.17. The largest absolute Gasteiger partial charge is 0.482 e. The standard InChI is InChI=1S/C17H18N2O3S/c1-11(18-16(20)7-5-13-3-2-8-23-13)12-4-6-15-14(9-12)19-17(21)10-22-15/h2-4,6,8-9,11H,5,7,10H2,1H3,(H,18,20)(H,19,21)/t11-/m1/s1. The van der Waals surface area contributed by atoms with Gasteiger partial charge in [-0.2, -0.15) is 0 Å². The van der Waals surface area contributed by atoms with Crippen LogP contribution in [0.2, 0.25) is 0 Å². The Balaban J connectivity index is 1.59. The normalized spacial score (nSPS) is 14.4. The fraction of sp³-hybridized carbons (Fsp3) is 0.294. The lowest BCUT2D eigenvalue weighted by Gasteiger charge is -2.21. The van der Waals surface area contributed by atoms with E-state index >= 15 is 0 Å². The van der Waals surface area contributed by atoms with Crippen molar-refractivity contribution in [2.75, 3.05) is 11.9 Å². The number of benzene rings is 1. The molecule has 0 aliphatic carbocycles. The van der Waals surface area contributed by atoms with Crippen LogP contribution >= 0.6 is 11.3 Å². The summed E-state index contributed by atoms with van der Waals surface area (Å²) in [6.45, 7) is 1.97. The van der Waals surface area contributed by atoms with Gasteiger partial charge in [0.15, 0.2) is 6.61 Å². The number of anilines is 1. The molecule has 120 valence electrons. The van der Waals surface area contributed by atoms with Crippen LogP contribution in [0.25, 0.3) is 0 Å². The van der Waals surface area contributed by atoms with Crippen molar-refractivity contribution >= 4 is 28.8 Å². The molecule has 1 aliphatic heterocycles. The van der Waals surface area contributed by atoms with Crippen molar-refractivity contribution in [1.29, 1.82) is 0 Å². The Morgan fingerprint density at radius 2 is 2.30 bits per heavy atom. The van der Waals surface area contributed by atoms with Gasteiger partial charge in [-0.1, -0.05) is 12.1 Å². The van der Waals surface area contributed by atoms with Crippen LogP contribution in [0.15, 0.2) is 35.7 Å². The van der Waals surface area contributed by atoms with Crippen molar-refractivity contribution in [2.45, 2.75) is 25.8 Å². The first kappa shape index (κ1) is 15.6. The van der Waals surface area contributed by atoms with Crippen molar-refractivity contribution in [3.05, 3.63) is 46.2 Å². The second kappa shape index (κ2) is 6.83. The summed E-state index contributed by atoms with van der Waals surface area (Å²) >= 11 is 1.66. The van der Waals surface area contributed by atoms with Gasteiger partial charge < -0.3 is 15.4 Å².